The van der Waals surface area contributed by atoms with E-state index in [9.17, 15) is 9.59 Å². The summed E-state index contributed by atoms with van der Waals surface area (Å²) in [4.78, 5) is 23.1. The fourth-order valence-electron chi connectivity index (χ4n) is 1.56. The van der Waals surface area contributed by atoms with E-state index < -0.39 is 0 Å². The van der Waals surface area contributed by atoms with Crippen molar-refractivity contribution in [3.63, 3.8) is 0 Å². The molecule has 19 heavy (non-hydrogen) atoms. The molecule has 0 aliphatic carbocycles. The lowest BCUT2D eigenvalue weighted by Crippen LogP contribution is -2.18. The van der Waals surface area contributed by atoms with Gasteiger partial charge in [-0.15, -0.1) is 0 Å². The number of rotatable bonds is 6. The molecule has 0 bridgehead atoms. The Morgan fingerprint density at radius 3 is 2.58 bits per heavy atom. The zero-order valence-corrected chi connectivity index (χ0v) is 11.8. The molecule has 5 nitrogen and oxygen atoms in total. The standard InChI is InChI=1S/C13H18ClN3O2/c1-15-7-3-4-12(18)17-9-5-6-10(11(14)8-9)13(19)16-2/h5-6,8,15H,3-4,7H2,1-2H3,(H,16,19)(H,17,18). The molecular formula is C13H18ClN3O2. The lowest BCUT2D eigenvalue weighted by molar-refractivity contribution is -0.116. The molecular weight excluding hydrogens is 266 g/mol. The lowest BCUT2D eigenvalue weighted by Gasteiger charge is -2.08. The molecule has 0 radical (unpaired) electrons. The maximum Gasteiger partial charge on any atom is 0.252 e. The van der Waals surface area contributed by atoms with Crippen molar-refractivity contribution < 1.29 is 9.59 Å². The Labute approximate surface area is 117 Å². The summed E-state index contributed by atoms with van der Waals surface area (Å²) in [6.45, 7) is 0.795. The molecule has 6 heteroatoms. The van der Waals surface area contributed by atoms with Crippen LogP contribution in [0.2, 0.25) is 5.02 Å². The van der Waals surface area contributed by atoms with Gasteiger partial charge in [0.2, 0.25) is 5.91 Å². The Morgan fingerprint density at radius 1 is 1.26 bits per heavy atom. The number of amides is 2. The molecule has 3 N–H and O–H groups in total. The van der Waals surface area contributed by atoms with E-state index in [-0.39, 0.29) is 11.8 Å². The molecule has 0 atom stereocenters. The van der Waals surface area contributed by atoms with Gasteiger partial charge in [0.05, 0.1) is 10.6 Å². The van der Waals surface area contributed by atoms with E-state index in [4.69, 9.17) is 11.6 Å². The summed E-state index contributed by atoms with van der Waals surface area (Å²) in [5.41, 5.74) is 0.976. The fraction of sp³-hybridized carbons (Fsp3) is 0.385. The quantitative estimate of drug-likeness (QED) is 0.695. The molecule has 0 heterocycles. The number of carbonyl (C=O) groups excluding carboxylic acids is 2. The second-order valence-electron chi connectivity index (χ2n) is 4.03. The topological polar surface area (TPSA) is 70.2 Å². The molecule has 0 aliphatic rings. The molecule has 0 unspecified atom stereocenters. The van der Waals surface area contributed by atoms with Gasteiger partial charge in [-0.1, -0.05) is 11.6 Å². The van der Waals surface area contributed by atoms with Crippen molar-refractivity contribution in [3.8, 4) is 0 Å². The largest absolute Gasteiger partial charge is 0.355 e. The Hall–Kier alpha value is -1.59. The van der Waals surface area contributed by atoms with Crippen LogP contribution in [-0.2, 0) is 4.79 Å². The number of nitrogens with one attached hydrogen (secondary N) is 3. The first-order valence-corrected chi connectivity index (χ1v) is 6.42. The third-order valence-electron chi connectivity index (χ3n) is 2.56. The van der Waals surface area contributed by atoms with Crippen LogP contribution >= 0.6 is 11.6 Å². The molecule has 1 rings (SSSR count). The summed E-state index contributed by atoms with van der Waals surface area (Å²) in [6.07, 6.45) is 1.21. The molecule has 0 spiro atoms. The normalized spacial score (nSPS) is 10.1. The van der Waals surface area contributed by atoms with E-state index in [0.29, 0.717) is 22.7 Å². The number of anilines is 1. The summed E-state index contributed by atoms with van der Waals surface area (Å²) >= 11 is 5.99. The van der Waals surface area contributed by atoms with E-state index in [1.807, 2.05) is 7.05 Å². The average molecular weight is 284 g/mol. The van der Waals surface area contributed by atoms with Gasteiger partial charge in [0.25, 0.3) is 5.91 Å². The highest BCUT2D eigenvalue weighted by Gasteiger charge is 2.10. The van der Waals surface area contributed by atoms with Crippen molar-refractivity contribution in [2.75, 3.05) is 26.0 Å². The van der Waals surface area contributed by atoms with Gasteiger partial charge in [0.1, 0.15) is 0 Å². The smallest absolute Gasteiger partial charge is 0.252 e. The summed E-state index contributed by atoms with van der Waals surface area (Å²) < 4.78 is 0. The first kappa shape index (κ1) is 15.5. The number of benzene rings is 1. The molecule has 1 aromatic rings. The van der Waals surface area contributed by atoms with E-state index in [1.54, 1.807) is 18.2 Å². The third kappa shape index (κ3) is 4.89. The molecule has 0 aliphatic heterocycles. The van der Waals surface area contributed by atoms with Crippen LogP contribution in [0.15, 0.2) is 18.2 Å². The number of carbonyl (C=O) groups is 2. The third-order valence-corrected chi connectivity index (χ3v) is 2.87. The van der Waals surface area contributed by atoms with E-state index in [2.05, 4.69) is 16.0 Å². The van der Waals surface area contributed by atoms with Crippen LogP contribution < -0.4 is 16.0 Å². The molecule has 0 saturated carbocycles. The molecule has 104 valence electrons. The fourth-order valence-corrected chi connectivity index (χ4v) is 1.83. The zero-order chi connectivity index (χ0) is 14.3. The van der Waals surface area contributed by atoms with Gasteiger partial charge in [0.15, 0.2) is 0 Å². The second-order valence-corrected chi connectivity index (χ2v) is 4.44. The van der Waals surface area contributed by atoms with Crippen LogP contribution in [0, 0.1) is 0 Å². The van der Waals surface area contributed by atoms with E-state index in [0.717, 1.165) is 13.0 Å². The predicted molar refractivity (Wildman–Crippen MR) is 76.6 cm³/mol. The van der Waals surface area contributed by atoms with Crippen molar-refractivity contribution in [2.24, 2.45) is 0 Å². The summed E-state index contributed by atoms with van der Waals surface area (Å²) in [5.74, 6) is -0.323. The molecule has 0 aromatic heterocycles. The van der Waals surface area contributed by atoms with Gasteiger partial charge in [-0.2, -0.15) is 0 Å². The summed E-state index contributed by atoms with van der Waals surface area (Å²) in [7, 11) is 3.38. The average Bonchev–Trinajstić information content (AvgIpc) is 2.38. The van der Waals surface area contributed by atoms with Crippen LogP contribution in [-0.4, -0.2) is 32.5 Å². The van der Waals surface area contributed by atoms with Crippen molar-refractivity contribution in [1.82, 2.24) is 10.6 Å². The Bertz CT molecular complexity index is 463. The van der Waals surface area contributed by atoms with E-state index in [1.165, 1.54) is 7.05 Å². The van der Waals surface area contributed by atoms with Gasteiger partial charge >= 0.3 is 0 Å². The summed E-state index contributed by atoms with van der Waals surface area (Å²) in [5, 5.41) is 8.53. The number of hydrogen-bond donors (Lipinski definition) is 3. The predicted octanol–water partition coefficient (Wildman–Crippen LogP) is 1.64. The van der Waals surface area contributed by atoms with Crippen molar-refractivity contribution in [2.45, 2.75) is 12.8 Å². The lowest BCUT2D eigenvalue weighted by atomic mass is 10.2. The first-order chi connectivity index (χ1) is 9.08. The van der Waals surface area contributed by atoms with E-state index >= 15 is 0 Å². The SMILES string of the molecule is CNCCCC(=O)Nc1ccc(C(=O)NC)c(Cl)c1. The highest BCUT2D eigenvalue weighted by molar-refractivity contribution is 6.34. The Morgan fingerprint density at radius 2 is 2.00 bits per heavy atom. The monoisotopic (exact) mass is 283 g/mol. The van der Waals surface area contributed by atoms with Crippen LogP contribution in [0.5, 0.6) is 0 Å². The van der Waals surface area contributed by atoms with Crippen molar-refractivity contribution in [1.29, 1.82) is 0 Å². The molecule has 0 fully saturated rings. The maximum atomic E-state index is 11.6. The maximum absolute atomic E-state index is 11.6. The minimum Gasteiger partial charge on any atom is -0.355 e. The highest BCUT2D eigenvalue weighted by atomic mass is 35.5. The van der Waals surface area contributed by atoms with Crippen LogP contribution in [0.3, 0.4) is 0 Å². The Kier molecular flexibility index (Phi) is 6.32. The molecule has 1 aromatic carbocycles. The first-order valence-electron chi connectivity index (χ1n) is 6.04. The van der Waals surface area contributed by atoms with Gasteiger partial charge < -0.3 is 16.0 Å². The van der Waals surface area contributed by atoms with Gasteiger partial charge in [0, 0.05) is 19.2 Å². The zero-order valence-electron chi connectivity index (χ0n) is 11.0. The second kappa shape index (κ2) is 7.76. The van der Waals surface area contributed by atoms with Crippen LogP contribution in [0.25, 0.3) is 0 Å². The van der Waals surface area contributed by atoms with Crippen molar-refractivity contribution >= 4 is 29.1 Å². The Balaban J connectivity index is 2.63. The molecule has 2 amide bonds. The molecule has 0 saturated heterocycles. The van der Waals surface area contributed by atoms with Gasteiger partial charge in [-0.25, -0.2) is 0 Å². The summed E-state index contributed by atoms with van der Waals surface area (Å²) in [6, 6.07) is 4.82. The van der Waals surface area contributed by atoms with Gasteiger partial charge in [-0.05, 0) is 38.2 Å². The minimum atomic E-state index is -0.253. The highest BCUT2D eigenvalue weighted by Crippen LogP contribution is 2.21. The number of hydrogen-bond acceptors (Lipinski definition) is 3. The van der Waals surface area contributed by atoms with Gasteiger partial charge in [-0.3, -0.25) is 9.59 Å². The van der Waals surface area contributed by atoms with Crippen LogP contribution in [0.4, 0.5) is 5.69 Å². The van der Waals surface area contributed by atoms with Crippen molar-refractivity contribution in [3.05, 3.63) is 28.8 Å². The minimum absolute atomic E-state index is 0.0704. The van der Waals surface area contributed by atoms with Crippen LogP contribution in [0.1, 0.15) is 23.2 Å². The number of halogens is 1.